The van der Waals surface area contributed by atoms with Gasteiger partial charge in [0.05, 0.1) is 22.1 Å². The molecule has 0 atom stereocenters. The highest BCUT2D eigenvalue weighted by atomic mass is 14.7. The quantitative estimate of drug-likeness (QED) is 0.419. The predicted molar refractivity (Wildman–Crippen MR) is 120 cm³/mol. The Morgan fingerprint density at radius 3 is 1.79 bits per heavy atom. The Hall–Kier alpha value is -3.72. The number of aromatic amines is 1. The third kappa shape index (κ3) is 2.83. The fourth-order valence-corrected chi connectivity index (χ4v) is 4.12. The molecular weight excluding hydrogens is 354 g/mol. The second-order valence-electron chi connectivity index (χ2n) is 7.12. The van der Waals surface area contributed by atoms with E-state index in [0.29, 0.717) is 11.9 Å². The summed E-state index contributed by atoms with van der Waals surface area (Å²) >= 11 is 0. The van der Waals surface area contributed by atoms with Gasteiger partial charge >= 0.3 is 0 Å². The minimum atomic E-state index is 0.513. The van der Waals surface area contributed by atoms with Crippen molar-refractivity contribution in [3.05, 3.63) is 95.6 Å². The van der Waals surface area contributed by atoms with Gasteiger partial charge in [-0.05, 0) is 30.2 Å². The predicted octanol–water partition coefficient (Wildman–Crippen LogP) is 5.49. The van der Waals surface area contributed by atoms with E-state index in [0.717, 1.165) is 49.4 Å². The van der Waals surface area contributed by atoms with Gasteiger partial charge in [0.25, 0.3) is 0 Å². The highest BCUT2D eigenvalue weighted by Crippen LogP contribution is 2.36. The molecule has 0 saturated carbocycles. The van der Waals surface area contributed by atoms with Crippen LogP contribution in [0.2, 0.25) is 0 Å². The molecule has 0 aliphatic rings. The zero-order valence-corrected chi connectivity index (χ0v) is 16.2. The molecule has 0 bridgehead atoms. The Labute approximate surface area is 168 Å². The molecule has 0 radical (unpaired) electrons. The molecule has 0 aliphatic carbocycles. The molecule has 29 heavy (non-hydrogen) atoms. The number of hydrogen-bond acceptors (Lipinski definition) is 2. The fraction of sp³-hybridized carbons (Fsp3) is 0.0769. The van der Waals surface area contributed by atoms with E-state index in [4.69, 9.17) is 5.41 Å². The van der Waals surface area contributed by atoms with Crippen molar-refractivity contribution in [2.24, 2.45) is 4.99 Å². The van der Waals surface area contributed by atoms with E-state index in [1.807, 2.05) is 31.2 Å². The minimum Gasteiger partial charge on any atom is -0.354 e. The van der Waals surface area contributed by atoms with Crippen molar-refractivity contribution < 1.29 is 0 Å². The van der Waals surface area contributed by atoms with Crippen LogP contribution in [-0.4, -0.2) is 11.5 Å². The maximum atomic E-state index is 8.62. The molecule has 0 unspecified atom stereocenters. The van der Waals surface area contributed by atoms with E-state index in [9.17, 15) is 0 Å². The molecule has 2 N–H and O–H groups in total. The first-order valence-electron chi connectivity index (χ1n) is 9.89. The zero-order chi connectivity index (χ0) is 19.8. The Morgan fingerprint density at radius 2 is 1.24 bits per heavy atom. The topological polar surface area (TPSA) is 52.0 Å². The molecule has 0 saturated heterocycles. The molecule has 3 nitrogen and oxygen atoms in total. The smallest absolute Gasteiger partial charge is 0.0674 e. The van der Waals surface area contributed by atoms with E-state index >= 15 is 0 Å². The summed E-state index contributed by atoms with van der Waals surface area (Å²) in [6.45, 7) is 2.73. The van der Waals surface area contributed by atoms with E-state index in [1.54, 1.807) is 0 Å². The van der Waals surface area contributed by atoms with Crippen molar-refractivity contribution >= 4 is 21.5 Å². The summed E-state index contributed by atoms with van der Waals surface area (Å²) in [5.74, 6) is 0. The van der Waals surface area contributed by atoms with Gasteiger partial charge in [-0.15, -0.1) is 0 Å². The third-order valence-electron chi connectivity index (χ3n) is 5.38. The summed E-state index contributed by atoms with van der Waals surface area (Å²) in [6.07, 6.45) is 0. The van der Waals surface area contributed by atoms with Crippen molar-refractivity contribution in [2.75, 3.05) is 6.54 Å². The van der Waals surface area contributed by atoms with Crippen molar-refractivity contribution in [3.63, 3.8) is 0 Å². The fourth-order valence-electron chi connectivity index (χ4n) is 4.12. The highest BCUT2D eigenvalue weighted by Gasteiger charge is 2.16. The molecule has 5 aromatic rings. The average molecular weight is 375 g/mol. The standard InChI is InChI=1S/C26H21N3/c1-2-28-22-16-14-20-23-19(13-15-21(27)24(22)23)25(17-9-5-3-6-10-17)29-26(20)18-11-7-4-8-12-18/h3-16,27,29H,2H2,1H3. The van der Waals surface area contributed by atoms with Crippen LogP contribution < -0.4 is 10.7 Å². The van der Waals surface area contributed by atoms with Gasteiger partial charge in [0, 0.05) is 28.1 Å². The minimum absolute atomic E-state index is 0.513. The summed E-state index contributed by atoms with van der Waals surface area (Å²) in [6, 6.07) is 28.9. The van der Waals surface area contributed by atoms with Crippen molar-refractivity contribution in [1.82, 2.24) is 4.98 Å². The van der Waals surface area contributed by atoms with Gasteiger partial charge in [-0.2, -0.15) is 0 Å². The molecule has 140 valence electrons. The molecule has 0 amide bonds. The van der Waals surface area contributed by atoms with Crippen LogP contribution in [-0.2, 0) is 0 Å². The molecule has 0 aliphatic heterocycles. The van der Waals surface area contributed by atoms with E-state index in [2.05, 4.69) is 70.6 Å². The van der Waals surface area contributed by atoms with Crippen LogP contribution in [0.4, 0.5) is 0 Å². The van der Waals surface area contributed by atoms with Crippen LogP contribution in [0.3, 0.4) is 0 Å². The number of nitrogens with zero attached hydrogens (tertiary/aromatic N) is 1. The number of aromatic nitrogens is 1. The van der Waals surface area contributed by atoms with Crippen molar-refractivity contribution in [3.8, 4) is 22.5 Å². The lowest BCUT2D eigenvalue weighted by Gasteiger charge is -2.16. The van der Waals surface area contributed by atoms with Crippen LogP contribution in [0.5, 0.6) is 0 Å². The molecule has 4 aromatic carbocycles. The molecular formula is C26H21N3. The van der Waals surface area contributed by atoms with Crippen LogP contribution >= 0.6 is 0 Å². The monoisotopic (exact) mass is 375 g/mol. The first-order chi connectivity index (χ1) is 14.3. The number of H-pyrrole nitrogens is 1. The summed E-state index contributed by atoms with van der Waals surface area (Å²) in [5, 5.41) is 14.3. The second kappa shape index (κ2) is 7.02. The van der Waals surface area contributed by atoms with Gasteiger partial charge in [-0.1, -0.05) is 72.8 Å². The number of pyridine rings is 1. The Balaban J connectivity index is 2.04. The van der Waals surface area contributed by atoms with Gasteiger partial charge in [0.15, 0.2) is 0 Å². The largest absolute Gasteiger partial charge is 0.354 e. The number of benzene rings is 4. The highest BCUT2D eigenvalue weighted by molar-refractivity contribution is 6.17. The SMILES string of the molecule is CCN=c1ccc2c(-c3ccccc3)[nH]c(-c3ccccc3)c3ccc(=N)c1c32. The van der Waals surface area contributed by atoms with E-state index in [1.165, 1.54) is 0 Å². The maximum Gasteiger partial charge on any atom is 0.0674 e. The van der Waals surface area contributed by atoms with Crippen molar-refractivity contribution in [1.29, 1.82) is 5.41 Å². The normalized spacial score (nSPS) is 12.1. The number of hydrogen-bond donors (Lipinski definition) is 2. The lowest BCUT2D eigenvalue weighted by atomic mass is 9.93. The lowest BCUT2D eigenvalue weighted by Crippen LogP contribution is -2.14. The Morgan fingerprint density at radius 1 is 0.690 bits per heavy atom. The second-order valence-corrected chi connectivity index (χ2v) is 7.12. The first kappa shape index (κ1) is 17.4. The Kier molecular flexibility index (Phi) is 4.21. The van der Waals surface area contributed by atoms with E-state index in [-0.39, 0.29) is 0 Å². The molecule has 1 heterocycles. The van der Waals surface area contributed by atoms with Crippen LogP contribution in [0.15, 0.2) is 89.9 Å². The van der Waals surface area contributed by atoms with Crippen LogP contribution in [0.25, 0.3) is 44.1 Å². The van der Waals surface area contributed by atoms with Crippen molar-refractivity contribution in [2.45, 2.75) is 6.92 Å². The van der Waals surface area contributed by atoms with Gasteiger partial charge in [-0.25, -0.2) is 0 Å². The van der Waals surface area contributed by atoms with E-state index < -0.39 is 0 Å². The van der Waals surface area contributed by atoms with Gasteiger partial charge in [-0.3, -0.25) is 4.99 Å². The zero-order valence-electron chi connectivity index (χ0n) is 16.2. The third-order valence-corrected chi connectivity index (χ3v) is 5.38. The molecule has 5 rings (SSSR count). The molecule has 3 heteroatoms. The maximum absolute atomic E-state index is 8.62. The number of rotatable bonds is 3. The van der Waals surface area contributed by atoms with Gasteiger partial charge < -0.3 is 10.4 Å². The molecule has 0 spiro atoms. The van der Waals surface area contributed by atoms with Gasteiger partial charge in [0.1, 0.15) is 0 Å². The lowest BCUT2D eigenvalue weighted by molar-refractivity contribution is 1.07. The summed E-state index contributed by atoms with van der Waals surface area (Å²) in [4.78, 5) is 8.39. The average Bonchev–Trinajstić information content (AvgIpc) is 2.78. The number of nitrogens with one attached hydrogen (secondary N) is 2. The summed E-state index contributed by atoms with van der Waals surface area (Å²) in [5.41, 5.74) is 4.39. The van der Waals surface area contributed by atoms with Crippen LogP contribution in [0, 0.1) is 5.41 Å². The Bertz CT molecular complexity index is 1370. The van der Waals surface area contributed by atoms with Gasteiger partial charge in [0.2, 0.25) is 0 Å². The summed E-state index contributed by atoms with van der Waals surface area (Å²) in [7, 11) is 0. The molecule has 0 fully saturated rings. The van der Waals surface area contributed by atoms with Crippen LogP contribution in [0.1, 0.15) is 6.92 Å². The summed E-state index contributed by atoms with van der Waals surface area (Å²) < 4.78 is 0. The molecule has 1 aromatic heterocycles. The first-order valence-corrected chi connectivity index (χ1v) is 9.89.